The van der Waals surface area contributed by atoms with Gasteiger partial charge in [0.25, 0.3) is 0 Å². The van der Waals surface area contributed by atoms with Gasteiger partial charge < -0.3 is 18.9 Å². The zero-order valence-corrected chi connectivity index (χ0v) is 30.6. The van der Waals surface area contributed by atoms with Crippen LogP contribution in [0, 0.1) is 27.7 Å². The first-order valence-corrected chi connectivity index (χ1v) is 18.0. The molecule has 0 aliphatic rings. The zero-order chi connectivity index (χ0) is 35.7. The molecule has 0 aliphatic heterocycles. The quantitative estimate of drug-likeness (QED) is 0.175. The highest BCUT2D eigenvalue weighted by molar-refractivity contribution is 6.18. The first kappa shape index (κ1) is 31.7. The maximum Gasteiger partial charge on any atom is 0.0509 e. The monoisotopic (exact) mass is 674 g/mol. The van der Waals surface area contributed by atoms with Crippen molar-refractivity contribution >= 4 is 77.7 Å². The second kappa shape index (κ2) is 12.2. The second-order valence-electron chi connectivity index (χ2n) is 14.4. The Labute approximate surface area is 305 Å². The molecule has 4 heteroatoms. The van der Waals surface area contributed by atoms with Crippen LogP contribution in [0.25, 0.3) is 43.6 Å². The van der Waals surface area contributed by atoms with Gasteiger partial charge in [-0.2, -0.15) is 0 Å². The van der Waals surface area contributed by atoms with Crippen molar-refractivity contribution in [2.24, 2.45) is 14.1 Å². The van der Waals surface area contributed by atoms with E-state index >= 15 is 0 Å². The molecular formula is C48H42N4. The first-order chi connectivity index (χ1) is 25.2. The molecule has 0 unspecified atom stereocenters. The topological polar surface area (TPSA) is 16.3 Å². The molecule has 2 heterocycles. The lowest BCUT2D eigenvalue weighted by atomic mass is 10.1. The lowest BCUT2D eigenvalue weighted by Crippen LogP contribution is -2.10. The molecule has 4 nitrogen and oxygen atoms in total. The second-order valence-corrected chi connectivity index (χ2v) is 14.4. The molecule has 0 bridgehead atoms. The summed E-state index contributed by atoms with van der Waals surface area (Å²) in [5.41, 5.74) is 16.8. The normalized spacial score (nSPS) is 11.7. The van der Waals surface area contributed by atoms with E-state index in [1.54, 1.807) is 0 Å². The van der Waals surface area contributed by atoms with Gasteiger partial charge in [-0.05, 0) is 113 Å². The average molecular weight is 675 g/mol. The highest BCUT2D eigenvalue weighted by Gasteiger charge is 2.20. The van der Waals surface area contributed by atoms with Crippen LogP contribution in [0.5, 0.6) is 0 Å². The van der Waals surface area contributed by atoms with Gasteiger partial charge in [-0.25, -0.2) is 0 Å². The van der Waals surface area contributed by atoms with Crippen molar-refractivity contribution in [2.75, 3.05) is 9.80 Å². The molecule has 0 radical (unpaired) electrons. The minimum Gasteiger partial charge on any atom is -0.344 e. The van der Waals surface area contributed by atoms with E-state index in [4.69, 9.17) is 0 Å². The number of aromatic nitrogens is 2. The Morgan fingerprint density at radius 1 is 0.288 bits per heavy atom. The Morgan fingerprint density at radius 3 is 0.827 bits per heavy atom. The molecule has 254 valence electrons. The standard InChI is InChI=1S/C48H42N4/c1-31-7-15-35(16-8-31)51(36-17-9-32(2)10-18-36)39-23-25-41-43-29-48-44(30-47(43)49(5)45(41)27-39)42-26-24-40(28-46(42)50(48)6)52(37-19-11-33(3)12-20-37)38-21-13-34(4)14-22-38/h7-30H,1-6H3. The summed E-state index contributed by atoms with van der Waals surface area (Å²) in [5.74, 6) is 0. The molecule has 0 amide bonds. The number of hydrogen-bond acceptors (Lipinski definition) is 2. The molecule has 2 aromatic heterocycles. The highest BCUT2D eigenvalue weighted by Crippen LogP contribution is 2.42. The summed E-state index contributed by atoms with van der Waals surface area (Å²) in [4.78, 5) is 4.71. The van der Waals surface area contributed by atoms with Crippen molar-refractivity contribution in [1.82, 2.24) is 9.13 Å². The lowest BCUT2D eigenvalue weighted by molar-refractivity contribution is 1.01. The molecule has 0 N–H and O–H groups in total. The van der Waals surface area contributed by atoms with E-state index in [9.17, 15) is 0 Å². The van der Waals surface area contributed by atoms with Crippen LogP contribution in [0.2, 0.25) is 0 Å². The van der Waals surface area contributed by atoms with Gasteiger partial charge in [0, 0.05) is 80.8 Å². The fourth-order valence-electron chi connectivity index (χ4n) is 7.82. The van der Waals surface area contributed by atoms with E-state index in [1.165, 1.54) is 65.9 Å². The van der Waals surface area contributed by atoms with Gasteiger partial charge in [0.2, 0.25) is 0 Å². The number of nitrogens with zero attached hydrogens (tertiary/aromatic N) is 4. The van der Waals surface area contributed by atoms with Crippen molar-refractivity contribution in [1.29, 1.82) is 0 Å². The molecule has 7 aromatic carbocycles. The van der Waals surface area contributed by atoms with Crippen LogP contribution in [-0.2, 0) is 14.1 Å². The van der Waals surface area contributed by atoms with Crippen LogP contribution >= 0.6 is 0 Å². The minimum atomic E-state index is 1.14. The molecule has 9 rings (SSSR count). The average Bonchev–Trinajstić information content (AvgIpc) is 3.59. The smallest absolute Gasteiger partial charge is 0.0509 e. The fourth-order valence-corrected chi connectivity index (χ4v) is 7.82. The molecule has 0 fully saturated rings. The SMILES string of the molecule is Cc1ccc(N(c2ccc(C)cc2)c2ccc3c4cc5c(cc4n(C)c3c2)c2ccc(N(c3ccc(C)cc3)c3ccc(C)cc3)cc2n5C)cc1. The Kier molecular flexibility index (Phi) is 7.44. The fraction of sp³-hybridized carbons (Fsp3) is 0.125. The van der Waals surface area contributed by atoms with Crippen molar-refractivity contribution in [3.05, 3.63) is 168 Å². The van der Waals surface area contributed by atoms with Gasteiger partial charge >= 0.3 is 0 Å². The maximum atomic E-state index is 2.39. The number of hydrogen-bond donors (Lipinski definition) is 0. The Hall–Kier alpha value is -6.26. The molecule has 0 spiro atoms. The van der Waals surface area contributed by atoms with E-state index < -0.39 is 0 Å². The third-order valence-electron chi connectivity index (χ3n) is 10.8. The van der Waals surface area contributed by atoms with Crippen LogP contribution in [0.3, 0.4) is 0 Å². The predicted octanol–water partition coefficient (Wildman–Crippen LogP) is 13.1. The van der Waals surface area contributed by atoms with Crippen molar-refractivity contribution < 1.29 is 0 Å². The predicted molar refractivity (Wildman–Crippen MR) is 223 cm³/mol. The summed E-state index contributed by atoms with van der Waals surface area (Å²) >= 11 is 0. The van der Waals surface area contributed by atoms with Crippen molar-refractivity contribution in [3.8, 4) is 0 Å². The number of anilines is 6. The van der Waals surface area contributed by atoms with E-state index in [2.05, 4.69) is 206 Å². The van der Waals surface area contributed by atoms with E-state index in [-0.39, 0.29) is 0 Å². The van der Waals surface area contributed by atoms with Crippen molar-refractivity contribution in [2.45, 2.75) is 27.7 Å². The van der Waals surface area contributed by atoms with Gasteiger partial charge in [0.05, 0.1) is 11.0 Å². The molecule has 52 heavy (non-hydrogen) atoms. The van der Waals surface area contributed by atoms with E-state index in [0.29, 0.717) is 0 Å². The summed E-state index contributed by atoms with van der Waals surface area (Å²) in [6.07, 6.45) is 0. The highest BCUT2D eigenvalue weighted by atomic mass is 15.1. The van der Waals surface area contributed by atoms with Crippen LogP contribution in [-0.4, -0.2) is 9.13 Å². The molecular weight excluding hydrogens is 633 g/mol. The van der Waals surface area contributed by atoms with Crippen LogP contribution < -0.4 is 9.80 Å². The van der Waals surface area contributed by atoms with E-state index in [0.717, 1.165) is 34.1 Å². The molecule has 0 atom stereocenters. The number of aryl methyl sites for hydroxylation is 6. The van der Waals surface area contributed by atoms with Crippen LogP contribution in [0.1, 0.15) is 22.3 Å². The van der Waals surface area contributed by atoms with Gasteiger partial charge in [-0.15, -0.1) is 0 Å². The summed E-state index contributed by atoms with van der Waals surface area (Å²) in [6, 6.07) is 53.8. The van der Waals surface area contributed by atoms with Crippen LogP contribution in [0.15, 0.2) is 146 Å². The third-order valence-corrected chi connectivity index (χ3v) is 10.8. The van der Waals surface area contributed by atoms with Gasteiger partial charge in [0.1, 0.15) is 0 Å². The number of benzene rings is 7. The summed E-state index contributed by atoms with van der Waals surface area (Å²) in [7, 11) is 4.40. The summed E-state index contributed by atoms with van der Waals surface area (Å²) in [6.45, 7) is 8.55. The molecule has 0 saturated heterocycles. The number of fused-ring (bicyclic) bond motifs is 6. The zero-order valence-electron chi connectivity index (χ0n) is 30.6. The first-order valence-electron chi connectivity index (χ1n) is 18.0. The molecule has 9 aromatic rings. The summed E-state index contributed by atoms with van der Waals surface area (Å²) in [5, 5.41) is 5.04. The van der Waals surface area contributed by atoms with Gasteiger partial charge in [0.15, 0.2) is 0 Å². The lowest BCUT2D eigenvalue weighted by Gasteiger charge is -2.26. The van der Waals surface area contributed by atoms with E-state index in [1.807, 2.05) is 0 Å². The Bertz CT molecular complexity index is 2480. The summed E-state index contributed by atoms with van der Waals surface area (Å²) < 4.78 is 4.72. The minimum absolute atomic E-state index is 1.14. The molecule has 0 aliphatic carbocycles. The van der Waals surface area contributed by atoms with Gasteiger partial charge in [-0.3, -0.25) is 0 Å². The Balaban J connectivity index is 1.19. The Morgan fingerprint density at radius 2 is 0.538 bits per heavy atom. The number of rotatable bonds is 6. The van der Waals surface area contributed by atoms with Crippen molar-refractivity contribution in [3.63, 3.8) is 0 Å². The maximum absolute atomic E-state index is 2.39. The van der Waals surface area contributed by atoms with Crippen LogP contribution in [0.4, 0.5) is 34.1 Å². The van der Waals surface area contributed by atoms with Gasteiger partial charge in [-0.1, -0.05) is 82.9 Å². The third kappa shape index (κ3) is 5.22. The largest absolute Gasteiger partial charge is 0.344 e. The molecule has 0 saturated carbocycles.